The Balaban J connectivity index is 1.31. The smallest absolute Gasteiger partial charge is 0.354 e. The van der Waals surface area contributed by atoms with E-state index in [1.807, 2.05) is 0 Å². The van der Waals surface area contributed by atoms with Crippen molar-refractivity contribution in [3.63, 3.8) is 0 Å². The van der Waals surface area contributed by atoms with Gasteiger partial charge >= 0.3 is 6.18 Å². The van der Waals surface area contributed by atoms with E-state index in [4.69, 9.17) is 0 Å². The topological polar surface area (TPSA) is 80.0 Å². The molecule has 3 aromatic rings. The summed E-state index contributed by atoms with van der Waals surface area (Å²) in [7, 11) is 0. The zero-order valence-electron chi connectivity index (χ0n) is 18.2. The minimum Gasteiger partial charge on any atom is -0.354 e. The van der Waals surface area contributed by atoms with Crippen LogP contribution in [-0.4, -0.2) is 67.3 Å². The summed E-state index contributed by atoms with van der Waals surface area (Å²) in [5.41, 5.74) is -0.715. The molecule has 0 radical (unpaired) electrons. The number of pyridine rings is 1. The number of halogens is 5. The minimum atomic E-state index is -4.50. The van der Waals surface area contributed by atoms with E-state index >= 15 is 4.39 Å². The quantitative estimate of drug-likeness (QED) is 0.507. The lowest BCUT2D eigenvalue weighted by atomic mass is 9.99. The predicted octanol–water partition coefficient (Wildman–Crippen LogP) is 3.44. The number of amides is 1. The lowest BCUT2D eigenvalue weighted by Gasteiger charge is -2.41. The highest BCUT2D eigenvalue weighted by Gasteiger charge is 2.43. The van der Waals surface area contributed by atoms with Crippen molar-refractivity contribution in [2.45, 2.75) is 43.7 Å². The summed E-state index contributed by atoms with van der Waals surface area (Å²) in [6, 6.07) is 5.18. The van der Waals surface area contributed by atoms with E-state index < -0.39 is 35.7 Å². The van der Waals surface area contributed by atoms with Crippen LogP contribution < -0.4 is 4.90 Å². The molecule has 13 heteroatoms. The molecule has 1 aliphatic heterocycles. The fourth-order valence-electron chi connectivity index (χ4n) is 4.34. The van der Waals surface area contributed by atoms with Crippen molar-refractivity contribution in [1.29, 1.82) is 0 Å². The van der Waals surface area contributed by atoms with Crippen molar-refractivity contribution in [1.82, 2.24) is 30.1 Å². The van der Waals surface area contributed by atoms with Gasteiger partial charge in [-0.3, -0.25) is 4.79 Å². The third kappa shape index (κ3) is 4.66. The molecule has 2 atom stereocenters. The third-order valence-corrected chi connectivity index (χ3v) is 6.23. The van der Waals surface area contributed by atoms with Crippen LogP contribution in [0.25, 0.3) is 5.69 Å². The number of tetrazole rings is 1. The molecule has 8 nitrogen and oxygen atoms in total. The molecule has 2 aliphatic rings. The maximum absolute atomic E-state index is 15.4. The average Bonchev–Trinajstić information content (AvgIpc) is 3.52. The maximum Gasteiger partial charge on any atom is 0.417 e. The van der Waals surface area contributed by atoms with Crippen LogP contribution in [0.2, 0.25) is 0 Å². The normalized spacial score (nSPS) is 20.7. The number of anilines is 1. The van der Waals surface area contributed by atoms with Crippen molar-refractivity contribution >= 4 is 11.7 Å². The molecule has 1 amide bonds. The second kappa shape index (κ2) is 8.86. The number of hydrogen-bond donors (Lipinski definition) is 0. The highest BCUT2D eigenvalue weighted by molar-refractivity contribution is 5.95. The lowest BCUT2D eigenvalue weighted by molar-refractivity contribution is -0.137. The molecule has 35 heavy (non-hydrogen) atoms. The largest absolute Gasteiger partial charge is 0.417 e. The Bertz CT molecular complexity index is 1200. The molecular weight excluding hydrogens is 473 g/mol. The molecule has 2 unspecified atom stereocenters. The molecule has 1 aromatic carbocycles. The first-order valence-electron chi connectivity index (χ1n) is 11.0. The van der Waals surface area contributed by atoms with Gasteiger partial charge in [-0.1, -0.05) is 0 Å². The van der Waals surface area contributed by atoms with Gasteiger partial charge in [0.25, 0.3) is 5.91 Å². The number of piperidine rings is 1. The van der Waals surface area contributed by atoms with Gasteiger partial charge in [0.1, 0.15) is 29.8 Å². The SMILES string of the molecule is O=C(c1ccc(-n2cnnn2)c(F)c1)N(C1CC1)C1CCN(c2ccc(C(F)(F)F)cn2)CC1F. The molecular formula is C22H20F5N7O. The third-order valence-electron chi connectivity index (χ3n) is 6.23. The van der Waals surface area contributed by atoms with E-state index in [9.17, 15) is 22.4 Å². The highest BCUT2D eigenvalue weighted by atomic mass is 19.4. The van der Waals surface area contributed by atoms with Crippen LogP contribution in [0.15, 0.2) is 42.9 Å². The number of hydrogen-bond acceptors (Lipinski definition) is 6. The van der Waals surface area contributed by atoms with Gasteiger partial charge in [-0.15, -0.1) is 5.10 Å². The van der Waals surface area contributed by atoms with E-state index in [0.717, 1.165) is 35.9 Å². The van der Waals surface area contributed by atoms with Crippen molar-refractivity contribution in [2.75, 3.05) is 18.0 Å². The Hall–Kier alpha value is -3.64. The van der Waals surface area contributed by atoms with E-state index in [-0.39, 0.29) is 36.1 Å². The van der Waals surface area contributed by atoms with Crippen LogP contribution in [0.1, 0.15) is 35.2 Å². The standard InChI is InChI=1S/C22H20F5N7O/c23-16-9-13(1-5-18(16)33-12-29-30-31-33)21(35)34(15-3-4-15)19-7-8-32(11-17(19)24)20-6-2-14(10-28-20)22(25,26)27/h1-2,5-6,9-10,12,15,17,19H,3-4,7-8,11H2. The molecule has 1 aliphatic carbocycles. The van der Waals surface area contributed by atoms with Crippen molar-refractivity contribution in [3.8, 4) is 5.69 Å². The zero-order valence-corrected chi connectivity index (χ0v) is 18.2. The van der Waals surface area contributed by atoms with Gasteiger partial charge in [0.05, 0.1) is 18.2 Å². The molecule has 3 heterocycles. The number of carbonyl (C=O) groups is 1. The second-order valence-corrected chi connectivity index (χ2v) is 8.59. The van der Waals surface area contributed by atoms with E-state index in [1.54, 1.807) is 4.90 Å². The Morgan fingerprint density at radius 3 is 2.49 bits per heavy atom. The number of carbonyl (C=O) groups excluding carboxylic acids is 1. The molecule has 1 saturated carbocycles. The Morgan fingerprint density at radius 2 is 1.91 bits per heavy atom. The molecule has 1 saturated heterocycles. The van der Waals surface area contributed by atoms with Gasteiger partial charge < -0.3 is 9.80 Å². The zero-order chi connectivity index (χ0) is 24.7. The summed E-state index contributed by atoms with van der Waals surface area (Å²) in [5.74, 6) is -0.925. The minimum absolute atomic E-state index is 0.0743. The number of rotatable bonds is 5. The maximum atomic E-state index is 15.4. The summed E-state index contributed by atoms with van der Waals surface area (Å²) in [4.78, 5) is 20.2. The van der Waals surface area contributed by atoms with Gasteiger partial charge in [0.2, 0.25) is 0 Å². The van der Waals surface area contributed by atoms with Gasteiger partial charge in [-0.25, -0.2) is 13.8 Å². The molecule has 0 spiro atoms. The fourth-order valence-corrected chi connectivity index (χ4v) is 4.34. The van der Waals surface area contributed by atoms with Gasteiger partial charge in [-0.05, 0) is 60.0 Å². The van der Waals surface area contributed by atoms with E-state index in [0.29, 0.717) is 6.54 Å². The summed E-state index contributed by atoms with van der Waals surface area (Å²) in [6.07, 6.45) is -2.30. The predicted molar refractivity (Wildman–Crippen MR) is 113 cm³/mol. The van der Waals surface area contributed by atoms with Crippen molar-refractivity contribution in [2.24, 2.45) is 0 Å². The summed E-state index contributed by atoms with van der Waals surface area (Å²) >= 11 is 0. The Morgan fingerprint density at radius 1 is 1.11 bits per heavy atom. The monoisotopic (exact) mass is 493 g/mol. The average molecular weight is 493 g/mol. The van der Waals surface area contributed by atoms with Gasteiger partial charge in [0, 0.05) is 24.3 Å². The van der Waals surface area contributed by atoms with E-state index in [2.05, 4.69) is 20.5 Å². The number of aromatic nitrogens is 5. The van der Waals surface area contributed by atoms with Crippen molar-refractivity contribution in [3.05, 3.63) is 59.8 Å². The van der Waals surface area contributed by atoms with Crippen LogP contribution in [-0.2, 0) is 6.18 Å². The van der Waals surface area contributed by atoms with Crippen LogP contribution in [0.4, 0.5) is 27.8 Å². The van der Waals surface area contributed by atoms with Crippen LogP contribution in [0.3, 0.4) is 0 Å². The lowest BCUT2D eigenvalue weighted by Crippen LogP contribution is -2.55. The summed E-state index contributed by atoms with van der Waals surface area (Å²) < 4.78 is 69.5. The summed E-state index contributed by atoms with van der Waals surface area (Å²) in [6.45, 7) is 0.193. The Labute approximate surface area is 196 Å². The van der Waals surface area contributed by atoms with Gasteiger partial charge in [0.15, 0.2) is 0 Å². The summed E-state index contributed by atoms with van der Waals surface area (Å²) in [5, 5.41) is 10.6. The molecule has 0 bridgehead atoms. The second-order valence-electron chi connectivity index (χ2n) is 8.59. The number of nitrogens with zero attached hydrogens (tertiary/aromatic N) is 7. The fraction of sp³-hybridized carbons (Fsp3) is 0.409. The number of benzene rings is 1. The van der Waals surface area contributed by atoms with Crippen LogP contribution >= 0.6 is 0 Å². The first-order chi connectivity index (χ1) is 16.7. The van der Waals surface area contributed by atoms with Crippen LogP contribution in [0, 0.1) is 5.82 Å². The first kappa shape index (κ1) is 23.1. The van der Waals surface area contributed by atoms with Gasteiger partial charge in [-0.2, -0.15) is 17.9 Å². The molecule has 5 rings (SSSR count). The van der Waals surface area contributed by atoms with Crippen molar-refractivity contribution < 1.29 is 26.7 Å². The molecule has 184 valence electrons. The molecule has 0 N–H and O–H groups in total. The van der Waals surface area contributed by atoms with E-state index in [1.165, 1.54) is 29.4 Å². The molecule has 2 aromatic heterocycles. The Kier molecular flexibility index (Phi) is 5.85. The van der Waals surface area contributed by atoms with Crippen LogP contribution in [0.5, 0.6) is 0 Å². The molecule has 2 fully saturated rings. The highest BCUT2D eigenvalue weighted by Crippen LogP contribution is 2.35. The number of alkyl halides is 4. The first-order valence-corrected chi connectivity index (χ1v) is 11.0.